The molecular weight excluding hydrogens is 212 g/mol. The van der Waals surface area contributed by atoms with Gasteiger partial charge in [0.15, 0.2) is 5.96 Å². The molecule has 1 aliphatic carbocycles. The molecule has 1 rings (SSSR count). The molecule has 4 nitrogen and oxygen atoms in total. The zero-order valence-electron chi connectivity index (χ0n) is 11.2. The minimum Gasteiger partial charge on any atom is -0.370 e. The fourth-order valence-electron chi connectivity index (χ4n) is 2.16. The largest absolute Gasteiger partial charge is 0.370 e. The summed E-state index contributed by atoms with van der Waals surface area (Å²) in [5, 5.41) is 3.14. The molecule has 0 atom stereocenters. The minimum absolute atomic E-state index is 0.521. The fraction of sp³-hybridized carbons (Fsp3) is 0.769. The highest BCUT2D eigenvalue weighted by atomic mass is 15.2. The Kier molecular flexibility index (Phi) is 6.05. The Morgan fingerprint density at radius 3 is 2.71 bits per heavy atom. The molecule has 0 aromatic carbocycles. The maximum absolute atomic E-state index is 5.74. The lowest BCUT2D eigenvalue weighted by atomic mass is 10.2. The second kappa shape index (κ2) is 7.33. The maximum atomic E-state index is 5.74. The van der Waals surface area contributed by atoms with Crippen LogP contribution in [0.2, 0.25) is 0 Å². The Morgan fingerprint density at radius 1 is 1.47 bits per heavy atom. The predicted octanol–water partition coefficient (Wildman–Crippen LogP) is 1.34. The van der Waals surface area contributed by atoms with Crippen molar-refractivity contribution in [3.05, 3.63) is 12.2 Å². The van der Waals surface area contributed by atoms with Crippen molar-refractivity contribution < 1.29 is 0 Å². The minimum atomic E-state index is 0.521. The third kappa shape index (κ3) is 5.73. The van der Waals surface area contributed by atoms with Gasteiger partial charge < -0.3 is 16.0 Å². The van der Waals surface area contributed by atoms with E-state index in [4.69, 9.17) is 5.73 Å². The molecule has 0 aromatic rings. The molecule has 0 radical (unpaired) electrons. The molecule has 0 aromatic heterocycles. The molecule has 17 heavy (non-hydrogen) atoms. The van der Waals surface area contributed by atoms with Crippen molar-refractivity contribution in [1.29, 1.82) is 0 Å². The third-order valence-corrected chi connectivity index (χ3v) is 3.24. The second-order valence-corrected chi connectivity index (χ2v) is 5.00. The summed E-state index contributed by atoms with van der Waals surface area (Å²) in [7, 11) is 2.19. The van der Waals surface area contributed by atoms with Gasteiger partial charge in [-0.05, 0) is 26.8 Å². The van der Waals surface area contributed by atoms with E-state index in [1.807, 2.05) is 6.92 Å². The van der Waals surface area contributed by atoms with Gasteiger partial charge in [-0.3, -0.25) is 0 Å². The van der Waals surface area contributed by atoms with E-state index in [-0.39, 0.29) is 0 Å². The quantitative estimate of drug-likeness (QED) is 0.417. The zero-order valence-corrected chi connectivity index (χ0v) is 11.2. The fourth-order valence-corrected chi connectivity index (χ4v) is 2.16. The van der Waals surface area contributed by atoms with Crippen molar-refractivity contribution in [1.82, 2.24) is 10.2 Å². The molecule has 1 aliphatic rings. The summed E-state index contributed by atoms with van der Waals surface area (Å²) < 4.78 is 0. The molecule has 0 amide bonds. The predicted molar refractivity (Wildman–Crippen MR) is 74.2 cm³/mol. The monoisotopic (exact) mass is 238 g/mol. The summed E-state index contributed by atoms with van der Waals surface area (Å²) in [4.78, 5) is 6.61. The van der Waals surface area contributed by atoms with Gasteiger partial charge in [0.1, 0.15) is 0 Å². The number of rotatable bonds is 6. The van der Waals surface area contributed by atoms with Crippen LogP contribution in [-0.2, 0) is 0 Å². The molecule has 0 heterocycles. The molecular formula is C13H26N4. The van der Waals surface area contributed by atoms with Crippen LogP contribution in [0.1, 0.15) is 32.6 Å². The third-order valence-electron chi connectivity index (χ3n) is 3.24. The van der Waals surface area contributed by atoms with Crippen LogP contribution in [0.5, 0.6) is 0 Å². The molecule has 3 N–H and O–H groups in total. The number of nitrogens with one attached hydrogen (secondary N) is 1. The van der Waals surface area contributed by atoms with Crippen LogP contribution in [0.25, 0.3) is 0 Å². The molecule has 0 aliphatic heterocycles. The van der Waals surface area contributed by atoms with Crippen molar-refractivity contribution in [2.45, 2.75) is 38.6 Å². The van der Waals surface area contributed by atoms with E-state index in [0.717, 1.165) is 24.7 Å². The lowest BCUT2D eigenvalue weighted by Crippen LogP contribution is -2.40. The van der Waals surface area contributed by atoms with Gasteiger partial charge in [0.2, 0.25) is 0 Å². The van der Waals surface area contributed by atoms with E-state index in [1.165, 1.54) is 25.7 Å². The molecule has 0 bridgehead atoms. The summed E-state index contributed by atoms with van der Waals surface area (Å²) in [6, 6.07) is 0.769. The standard InChI is InChI=1S/C13H26N4/c1-11(2)10-16-13(14)15-8-9-17(3)12-6-4-5-7-12/h12H,1,4-10H2,2-3H3,(H3,14,15,16). The number of likely N-dealkylation sites (N-methyl/N-ethyl adjacent to an activating group) is 1. The summed E-state index contributed by atoms with van der Waals surface area (Å²) in [5.74, 6) is 0.521. The van der Waals surface area contributed by atoms with E-state index >= 15 is 0 Å². The molecule has 4 heteroatoms. The van der Waals surface area contributed by atoms with Gasteiger partial charge in [-0.2, -0.15) is 0 Å². The normalized spacial score (nSPS) is 17.7. The molecule has 98 valence electrons. The molecule has 1 saturated carbocycles. The van der Waals surface area contributed by atoms with Crippen molar-refractivity contribution in [3.63, 3.8) is 0 Å². The number of nitrogens with zero attached hydrogens (tertiary/aromatic N) is 2. The van der Waals surface area contributed by atoms with Crippen molar-refractivity contribution >= 4 is 5.96 Å². The Balaban J connectivity index is 2.13. The van der Waals surface area contributed by atoms with E-state index in [9.17, 15) is 0 Å². The Morgan fingerprint density at radius 2 is 2.12 bits per heavy atom. The molecule has 1 fully saturated rings. The number of aliphatic imine (C=N–C) groups is 1. The SMILES string of the molecule is C=C(C)CN=C(N)NCCN(C)C1CCCC1. The number of guanidine groups is 1. The van der Waals surface area contributed by atoms with E-state index in [1.54, 1.807) is 0 Å². The first-order valence-electron chi connectivity index (χ1n) is 6.48. The topological polar surface area (TPSA) is 53.6 Å². The van der Waals surface area contributed by atoms with Gasteiger partial charge in [-0.25, -0.2) is 4.99 Å². The lowest BCUT2D eigenvalue weighted by Gasteiger charge is -2.23. The van der Waals surface area contributed by atoms with Gasteiger partial charge in [-0.15, -0.1) is 0 Å². The van der Waals surface area contributed by atoms with Crippen LogP contribution in [0.4, 0.5) is 0 Å². The van der Waals surface area contributed by atoms with Gasteiger partial charge in [-0.1, -0.05) is 25.0 Å². The maximum Gasteiger partial charge on any atom is 0.188 e. The van der Waals surface area contributed by atoms with Crippen LogP contribution in [-0.4, -0.2) is 43.6 Å². The van der Waals surface area contributed by atoms with E-state index in [2.05, 4.69) is 28.8 Å². The first-order valence-corrected chi connectivity index (χ1v) is 6.48. The number of hydrogen-bond acceptors (Lipinski definition) is 2. The van der Waals surface area contributed by atoms with E-state index < -0.39 is 0 Å². The van der Waals surface area contributed by atoms with Crippen LogP contribution in [0.3, 0.4) is 0 Å². The number of nitrogens with two attached hydrogens (primary N) is 1. The van der Waals surface area contributed by atoms with Gasteiger partial charge in [0.25, 0.3) is 0 Å². The van der Waals surface area contributed by atoms with Crippen molar-refractivity contribution in [2.75, 3.05) is 26.7 Å². The van der Waals surface area contributed by atoms with Crippen LogP contribution < -0.4 is 11.1 Å². The summed E-state index contributed by atoms with van der Waals surface area (Å²) in [6.07, 6.45) is 5.45. The van der Waals surface area contributed by atoms with Crippen LogP contribution >= 0.6 is 0 Å². The average molecular weight is 238 g/mol. The number of hydrogen-bond donors (Lipinski definition) is 2. The average Bonchev–Trinajstić information content (AvgIpc) is 2.79. The summed E-state index contributed by atoms with van der Waals surface area (Å²) >= 11 is 0. The van der Waals surface area contributed by atoms with Gasteiger partial charge >= 0.3 is 0 Å². The molecule has 0 unspecified atom stereocenters. The summed E-state index contributed by atoms with van der Waals surface area (Å²) in [5.41, 5.74) is 6.77. The van der Waals surface area contributed by atoms with Crippen LogP contribution in [0, 0.1) is 0 Å². The van der Waals surface area contributed by atoms with Gasteiger partial charge in [0.05, 0.1) is 6.54 Å². The highest BCUT2D eigenvalue weighted by Gasteiger charge is 2.18. The Labute approximate surface area is 105 Å². The highest BCUT2D eigenvalue weighted by molar-refractivity contribution is 5.77. The first-order chi connectivity index (χ1) is 8.09. The molecule has 0 spiro atoms. The van der Waals surface area contributed by atoms with Crippen molar-refractivity contribution in [3.8, 4) is 0 Å². The zero-order chi connectivity index (χ0) is 12.7. The van der Waals surface area contributed by atoms with Gasteiger partial charge in [0, 0.05) is 19.1 Å². The van der Waals surface area contributed by atoms with Crippen LogP contribution in [0.15, 0.2) is 17.1 Å². The van der Waals surface area contributed by atoms with E-state index in [0.29, 0.717) is 12.5 Å². The van der Waals surface area contributed by atoms with Crippen molar-refractivity contribution in [2.24, 2.45) is 10.7 Å². The Bertz CT molecular complexity index is 267. The smallest absolute Gasteiger partial charge is 0.188 e. The lowest BCUT2D eigenvalue weighted by molar-refractivity contribution is 0.249. The molecule has 0 saturated heterocycles. The highest BCUT2D eigenvalue weighted by Crippen LogP contribution is 2.21. The Hall–Kier alpha value is -1.03. The second-order valence-electron chi connectivity index (χ2n) is 5.00. The summed E-state index contributed by atoms with van der Waals surface area (Å²) in [6.45, 7) is 8.23. The first kappa shape index (κ1) is 14.0.